The second kappa shape index (κ2) is 4.81. The summed E-state index contributed by atoms with van der Waals surface area (Å²) >= 11 is 0. The molecule has 2 aromatic carbocycles. The van der Waals surface area contributed by atoms with E-state index in [-0.39, 0.29) is 5.69 Å². The van der Waals surface area contributed by atoms with Crippen molar-refractivity contribution in [1.29, 1.82) is 0 Å². The van der Waals surface area contributed by atoms with Gasteiger partial charge >= 0.3 is 5.63 Å². The lowest BCUT2D eigenvalue weighted by atomic mass is 10.0. The van der Waals surface area contributed by atoms with E-state index >= 15 is 0 Å². The summed E-state index contributed by atoms with van der Waals surface area (Å²) in [6, 6.07) is 13.4. The molecule has 2 aromatic heterocycles. The van der Waals surface area contributed by atoms with E-state index in [9.17, 15) is 14.9 Å². The summed E-state index contributed by atoms with van der Waals surface area (Å²) in [5.41, 5.74) is 1.79. The third-order valence-electron chi connectivity index (χ3n) is 3.81. The first kappa shape index (κ1) is 13.3. The van der Waals surface area contributed by atoms with E-state index in [2.05, 4.69) is 4.98 Å². The number of nitrogens with zero attached hydrogens (tertiary/aromatic N) is 1. The molecule has 0 amide bonds. The van der Waals surface area contributed by atoms with Gasteiger partial charge in [-0.2, -0.15) is 0 Å². The summed E-state index contributed by atoms with van der Waals surface area (Å²) in [7, 11) is 0. The van der Waals surface area contributed by atoms with Crippen molar-refractivity contribution in [2.24, 2.45) is 0 Å². The molecule has 112 valence electrons. The van der Waals surface area contributed by atoms with Gasteiger partial charge in [-0.15, -0.1) is 0 Å². The van der Waals surface area contributed by atoms with E-state index in [1.165, 1.54) is 18.2 Å². The van der Waals surface area contributed by atoms with Gasteiger partial charge in [0, 0.05) is 40.2 Å². The molecule has 0 fully saturated rings. The van der Waals surface area contributed by atoms with Crippen LogP contribution in [0.4, 0.5) is 5.69 Å². The lowest BCUT2D eigenvalue weighted by Crippen LogP contribution is -2.02. The summed E-state index contributed by atoms with van der Waals surface area (Å²) in [5.74, 6) is 0. The number of hydrogen-bond donors (Lipinski definition) is 1. The van der Waals surface area contributed by atoms with Gasteiger partial charge in [0.1, 0.15) is 5.58 Å². The molecule has 0 atom stereocenters. The molecule has 4 rings (SSSR count). The molecule has 0 saturated heterocycles. The summed E-state index contributed by atoms with van der Waals surface area (Å²) in [5, 5.41) is 12.3. The van der Waals surface area contributed by atoms with Gasteiger partial charge in [-0.05, 0) is 18.2 Å². The molecule has 0 saturated carbocycles. The number of nitrogens with one attached hydrogen (secondary N) is 1. The van der Waals surface area contributed by atoms with E-state index in [0.717, 1.165) is 10.9 Å². The van der Waals surface area contributed by atoms with Crippen molar-refractivity contribution < 1.29 is 9.34 Å². The highest BCUT2D eigenvalue weighted by molar-refractivity contribution is 5.97. The quantitative estimate of drug-likeness (QED) is 0.346. The third-order valence-corrected chi connectivity index (χ3v) is 3.81. The number of non-ortho nitro benzene ring substituents is 1. The van der Waals surface area contributed by atoms with Crippen molar-refractivity contribution in [3.8, 4) is 11.1 Å². The van der Waals surface area contributed by atoms with Crippen LogP contribution in [0, 0.1) is 10.1 Å². The zero-order chi connectivity index (χ0) is 16.0. The number of para-hydroxylation sites is 1. The van der Waals surface area contributed by atoms with Crippen LogP contribution in [0.3, 0.4) is 0 Å². The Kier molecular flexibility index (Phi) is 2.77. The van der Waals surface area contributed by atoms with Gasteiger partial charge in [-0.1, -0.05) is 18.2 Å². The molecular weight excluding hydrogens is 296 g/mol. The highest BCUT2D eigenvalue weighted by Gasteiger charge is 2.14. The van der Waals surface area contributed by atoms with Gasteiger partial charge in [0.05, 0.1) is 10.5 Å². The molecule has 0 unspecified atom stereocenters. The van der Waals surface area contributed by atoms with Gasteiger partial charge in [0.15, 0.2) is 0 Å². The number of H-pyrrole nitrogens is 1. The Morgan fingerprint density at radius 3 is 2.70 bits per heavy atom. The fourth-order valence-electron chi connectivity index (χ4n) is 2.71. The Bertz CT molecular complexity index is 1120. The van der Waals surface area contributed by atoms with Crippen LogP contribution >= 0.6 is 0 Å². The standard InChI is InChI=1S/C17H10N2O4/c20-17-13(14-9-18-15-4-2-1-3-12(14)15)8-10-7-11(19(21)22)5-6-16(10)23-17/h1-9,18H. The normalized spacial score (nSPS) is 11.1. The SMILES string of the molecule is O=c1oc2ccc([N+](=O)[O-])cc2cc1-c1c[nH]c2ccccc12. The van der Waals surface area contributed by atoms with Crippen LogP contribution < -0.4 is 5.63 Å². The fourth-order valence-corrected chi connectivity index (χ4v) is 2.71. The van der Waals surface area contributed by atoms with Gasteiger partial charge in [0.2, 0.25) is 0 Å². The maximum Gasteiger partial charge on any atom is 0.344 e. The second-order valence-electron chi connectivity index (χ2n) is 5.17. The summed E-state index contributed by atoms with van der Waals surface area (Å²) in [4.78, 5) is 25.8. The second-order valence-corrected chi connectivity index (χ2v) is 5.17. The highest BCUT2D eigenvalue weighted by Crippen LogP contribution is 2.29. The minimum absolute atomic E-state index is 0.0452. The summed E-state index contributed by atoms with van der Waals surface area (Å²) in [6.07, 6.45) is 1.74. The minimum Gasteiger partial charge on any atom is -0.422 e. The topological polar surface area (TPSA) is 89.1 Å². The molecule has 0 radical (unpaired) electrons. The van der Waals surface area contributed by atoms with Crippen LogP contribution in [-0.2, 0) is 0 Å². The number of nitro groups is 1. The molecule has 0 aliphatic heterocycles. The molecule has 6 nitrogen and oxygen atoms in total. The van der Waals surface area contributed by atoms with E-state index in [0.29, 0.717) is 22.1 Å². The largest absolute Gasteiger partial charge is 0.422 e. The Morgan fingerprint density at radius 1 is 1.04 bits per heavy atom. The Morgan fingerprint density at radius 2 is 1.87 bits per heavy atom. The van der Waals surface area contributed by atoms with E-state index in [4.69, 9.17) is 4.42 Å². The molecular formula is C17H10N2O4. The predicted molar refractivity (Wildman–Crippen MR) is 86.4 cm³/mol. The van der Waals surface area contributed by atoms with Crippen LogP contribution in [-0.4, -0.2) is 9.91 Å². The lowest BCUT2D eigenvalue weighted by molar-refractivity contribution is -0.384. The van der Waals surface area contributed by atoms with Crippen LogP contribution in [0.2, 0.25) is 0 Å². The first-order valence-electron chi connectivity index (χ1n) is 6.92. The van der Waals surface area contributed by atoms with Crippen molar-refractivity contribution in [2.45, 2.75) is 0 Å². The molecule has 6 heteroatoms. The van der Waals surface area contributed by atoms with Gasteiger partial charge in [-0.3, -0.25) is 10.1 Å². The number of fused-ring (bicyclic) bond motifs is 2. The average molecular weight is 306 g/mol. The van der Waals surface area contributed by atoms with E-state index < -0.39 is 10.5 Å². The fraction of sp³-hybridized carbons (Fsp3) is 0. The Hall–Kier alpha value is -3.41. The Balaban J connectivity index is 2.01. The van der Waals surface area contributed by atoms with Crippen LogP contribution in [0.25, 0.3) is 33.0 Å². The van der Waals surface area contributed by atoms with Crippen molar-refractivity contribution in [3.05, 3.63) is 75.3 Å². The number of rotatable bonds is 2. The van der Waals surface area contributed by atoms with E-state index in [1.54, 1.807) is 12.3 Å². The van der Waals surface area contributed by atoms with Gasteiger partial charge < -0.3 is 9.40 Å². The third kappa shape index (κ3) is 2.08. The van der Waals surface area contributed by atoms with Crippen molar-refractivity contribution in [1.82, 2.24) is 4.98 Å². The first-order valence-corrected chi connectivity index (χ1v) is 6.92. The maximum absolute atomic E-state index is 12.3. The molecule has 1 N–H and O–H groups in total. The number of nitro benzene ring substituents is 1. The van der Waals surface area contributed by atoms with E-state index in [1.807, 2.05) is 24.3 Å². The molecule has 0 aliphatic carbocycles. The molecule has 0 bridgehead atoms. The molecule has 23 heavy (non-hydrogen) atoms. The molecule has 0 aliphatic rings. The number of aromatic nitrogens is 1. The van der Waals surface area contributed by atoms with Crippen LogP contribution in [0.15, 0.2) is 63.9 Å². The number of hydrogen-bond acceptors (Lipinski definition) is 4. The van der Waals surface area contributed by atoms with Crippen molar-refractivity contribution in [2.75, 3.05) is 0 Å². The van der Waals surface area contributed by atoms with Crippen LogP contribution in [0.1, 0.15) is 0 Å². The summed E-state index contributed by atoms with van der Waals surface area (Å²) in [6.45, 7) is 0. The monoisotopic (exact) mass is 306 g/mol. The maximum atomic E-state index is 12.3. The summed E-state index contributed by atoms with van der Waals surface area (Å²) < 4.78 is 5.31. The average Bonchev–Trinajstić information content (AvgIpc) is 2.97. The zero-order valence-corrected chi connectivity index (χ0v) is 11.8. The van der Waals surface area contributed by atoms with Crippen LogP contribution in [0.5, 0.6) is 0 Å². The molecule has 2 heterocycles. The smallest absolute Gasteiger partial charge is 0.344 e. The van der Waals surface area contributed by atoms with Crippen molar-refractivity contribution >= 4 is 27.6 Å². The van der Waals surface area contributed by atoms with Gasteiger partial charge in [0.25, 0.3) is 5.69 Å². The predicted octanol–water partition coefficient (Wildman–Crippen LogP) is 3.85. The highest BCUT2D eigenvalue weighted by atomic mass is 16.6. The number of benzene rings is 2. The first-order chi connectivity index (χ1) is 11.1. The number of aromatic amines is 1. The Labute approximate surface area is 129 Å². The molecule has 4 aromatic rings. The minimum atomic E-state index is -0.476. The van der Waals surface area contributed by atoms with Gasteiger partial charge in [-0.25, -0.2) is 4.79 Å². The zero-order valence-electron chi connectivity index (χ0n) is 11.8. The van der Waals surface area contributed by atoms with Crippen molar-refractivity contribution in [3.63, 3.8) is 0 Å². The lowest BCUT2D eigenvalue weighted by Gasteiger charge is -2.01. The molecule has 0 spiro atoms.